The number of hydrogen-bond acceptors (Lipinski definition) is 5. The third-order valence-electron chi connectivity index (χ3n) is 4.49. The van der Waals surface area contributed by atoms with Crippen LogP contribution >= 0.6 is 0 Å². The van der Waals surface area contributed by atoms with E-state index in [1.54, 1.807) is 30.7 Å². The van der Waals surface area contributed by atoms with Gasteiger partial charge in [0, 0.05) is 37.2 Å². The number of aryl methyl sites for hydroxylation is 1. The van der Waals surface area contributed by atoms with Crippen LogP contribution < -0.4 is 15.5 Å². The molecule has 7 heteroatoms. The molecule has 1 saturated heterocycles. The summed E-state index contributed by atoms with van der Waals surface area (Å²) in [5, 5.41) is 15.0. The van der Waals surface area contributed by atoms with Gasteiger partial charge < -0.3 is 15.5 Å². The van der Waals surface area contributed by atoms with Gasteiger partial charge in [-0.1, -0.05) is 6.92 Å². The highest BCUT2D eigenvalue weighted by Gasteiger charge is 2.22. The Bertz CT molecular complexity index is 801. The molecule has 1 atom stereocenters. The lowest BCUT2D eigenvalue weighted by Gasteiger charge is -2.33. The summed E-state index contributed by atoms with van der Waals surface area (Å²) >= 11 is 0. The van der Waals surface area contributed by atoms with Crippen LogP contribution in [0.15, 0.2) is 36.8 Å². The van der Waals surface area contributed by atoms with E-state index < -0.39 is 0 Å². The first kappa shape index (κ1) is 17.7. The zero-order chi connectivity index (χ0) is 18.4. The smallest absolute Gasteiger partial charge is 0.319 e. The number of amides is 2. The first-order valence-electron chi connectivity index (χ1n) is 8.81. The van der Waals surface area contributed by atoms with E-state index >= 15 is 0 Å². The maximum Gasteiger partial charge on any atom is 0.319 e. The van der Waals surface area contributed by atoms with Crippen LogP contribution in [0.2, 0.25) is 0 Å². The lowest BCUT2D eigenvalue weighted by atomic mass is 10.1. The number of carbonyl (C=O) groups excluding carboxylic acids is 1. The number of nitrogens with zero attached hydrogens (tertiary/aromatic N) is 4. The molecule has 0 saturated carbocycles. The summed E-state index contributed by atoms with van der Waals surface area (Å²) in [4.78, 5) is 23.0. The van der Waals surface area contributed by atoms with Crippen molar-refractivity contribution in [2.24, 2.45) is 0 Å². The van der Waals surface area contributed by atoms with Gasteiger partial charge in [-0.05, 0) is 43.0 Å². The number of rotatable bonds is 4. The number of hydrogen-bond donors (Lipinski definition) is 2. The Labute approximate surface area is 153 Å². The summed E-state index contributed by atoms with van der Waals surface area (Å²) < 4.78 is 0. The molecule has 0 aliphatic carbocycles. The van der Waals surface area contributed by atoms with E-state index in [0.29, 0.717) is 12.1 Å². The van der Waals surface area contributed by atoms with Gasteiger partial charge in [0.05, 0.1) is 17.8 Å². The van der Waals surface area contributed by atoms with E-state index in [0.717, 1.165) is 42.9 Å². The largest absolute Gasteiger partial charge is 0.353 e. The summed E-state index contributed by atoms with van der Waals surface area (Å²) in [5.41, 5.74) is 2.29. The third-order valence-corrected chi connectivity index (χ3v) is 4.49. The van der Waals surface area contributed by atoms with E-state index in [1.165, 1.54) is 0 Å². The minimum atomic E-state index is -0.226. The normalized spacial score (nSPS) is 16.6. The zero-order valence-electron chi connectivity index (χ0n) is 14.8. The first-order valence-corrected chi connectivity index (χ1v) is 8.81. The topological polar surface area (TPSA) is 93.9 Å². The molecule has 3 rings (SSSR count). The molecular formula is C19H22N6O. The van der Waals surface area contributed by atoms with E-state index in [9.17, 15) is 4.79 Å². The molecule has 1 aromatic heterocycles. The fraction of sp³-hybridized carbons (Fsp3) is 0.368. The van der Waals surface area contributed by atoms with Crippen molar-refractivity contribution in [2.75, 3.05) is 23.3 Å². The average Bonchev–Trinajstić information content (AvgIpc) is 2.69. The van der Waals surface area contributed by atoms with Crippen LogP contribution in [0.4, 0.5) is 16.3 Å². The zero-order valence-corrected chi connectivity index (χ0v) is 14.8. The predicted octanol–water partition coefficient (Wildman–Crippen LogP) is 2.70. The predicted molar refractivity (Wildman–Crippen MR) is 100.0 cm³/mol. The van der Waals surface area contributed by atoms with Gasteiger partial charge in [0.25, 0.3) is 0 Å². The molecule has 1 aliphatic rings. The number of urea groups is 1. The van der Waals surface area contributed by atoms with Crippen molar-refractivity contribution in [3.8, 4) is 6.07 Å². The Kier molecular flexibility index (Phi) is 5.64. The van der Waals surface area contributed by atoms with Gasteiger partial charge in [0.2, 0.25) is 0 Å². The van der Waals surface area contributed by atoms with Crippen LogP contribution in [0.25, 0.3) is 0 Å². The van der Waals surface area contributed by atoms with Crippen molar-refractivity contribution >= 4 is 17.5 Å². The molecule has 7 nitrogen and oxygen atoms in total. The number of aromatic nitrogens is 2. The fourth-order valence-electron chi connectivity index (χ4n) is 3.18. The lowest BCUT2D eigenvalue weighted by molar-refractivity contribution is 0.246. The summed E-state index contributed by atoms with van der Waals surface area (Å²) in [6.45, 7) is 3.62. The SMILES string of the molecule is CCc1cc(C#N)ccc1NC(=O)N[C@@H]1CCCN(c2cnccn2)C1. The van der Waals surface area contributed by atoms with Gasteiger partial charge in [-0.3, -0.25) is 4.98 Å². The second-order valence-corrected chi connectivity index (χ2v) is 6.28. The first-order chi connectivity index (χ1) is 12.7. The van der Waals surface area contributed by atoms with E-state index in [-0.39, 0.29) is 12.1 Å². The van der Waals surface area contributed by atoms with Crippen LogP contribution in [0.5, 0.6) is 0 Å². The Balaban J connectivity index is 1.60. The minimum absolute atomic E-state index is 0.0502. The maximum absolute atomic E-state index is 12.4. The highest BCUT2D eigenvalue weighted by atomic mass is 16.2. The van der Waals surface area contributed by atoms with Crippen LogP contribution in [-0.4, -0.2) is 35.1 Å². The van der Waals surface area contributed by atoms with Crippen LogP contribution in [0.1, 0.15) is 30.9 Å². The number of nitriles is 1. The lowest BCUT2D eigenvalue weighted by Crippen LogP contribution is -2.49. The monoisotopic (exact) mass is 350 g/mol. The van der Waals surface area contributed by atoms with Crippen molar-refractivity contribution in [3.05, 3.63) is 47.9 Å². The fourth-order valence-corrected chi connectivity index (χ4v) is 3.18. The molecule has 1 aliphatic heterocycles. The van der Waals surface area contributed by atoms with Crippen molar-refractivity contribution in [1.82, 2.24) is 15.3 Å². The van der Waals surface area contributed by atoms with Crippen LogP contribution in [0.3, 0.4) is 0 Å². The average molecular weight is 350 g/mol. The molecule has 0 unspecified atom stereocenters. The standard InChI is InChI=1S/C19H22N6O/c1-2-15-10-14(11-20)5-6-17(15)24-19(26)23-16-4-3-9-25(13-16)18-12-21-7-8-22-18/h5-8,10,12,16H,2-4,9,13H2,1H3,(H2,23,24,26)/t16-/m1/s1. The second-order valence-electron chi connectivity index (χ2n) is 6.28. The molecule has 134 valence electrons. The Morgan fingerprint density at radius 3 is 3.04 bits per heavy atom. The van der Waals surface area contributed by atoms with Gasteiger partial charge in [0.15, 0.2) is 0 Å². The number of nitrogens with one attached hydrogen (secondary N) is 2. The Morgan fingerprint density at radius 1 is 1.42 bits per heavy atom. The highest BCUT2D eigenvalue weighted by molar-refractivity contribution is 5.90. The van der Waals surface area contributed by atoms with E-state index in [1.807, 2.05) is 13.0 Å². The molecule has 0 bridgehead atoms. The minimum Gasteiger partial charge on any atom is -0.353 e. The van der Waals surface area contributed by atoms with Gasteiger partial charge in [0.1, 0.15) is 5.82 Å². The van der Waals surface area contributed by atoms with Crippen molar-refractivity contribution in [3.63, 3.8) is 0 Å². The number of piperidine rings is 1. The van der Waals surface area contributed by atoms with Crippen LogP contribution in [0, 0.1) is 11.3 Å². The second kappa shape index (κ2) is 8.30. The number of anilines is 2. The Hall–Kier alpha value is -3.14. The van der Waals surface area contributed by atoms with Gasteiger partial charge in [-0.25, -0.2) is 9.78 Å². The Morgan fingerprint density at radius 2 is 2.31 bits per heavy atom. The molecule has 1 aromatic carbocycles. The number of carbonyl (C=O) groups is 1. The van der Waals surface area contributed by atoms with Gasteiger partial charge in [-0.15, -0.1) is 0 Å². The summed E-state index contributed by atoms with van der Waals surface area (Å²) in [6, 6.07) is 7.25. The third kappa shape index (κ3) is 4.28. The van der Waals surface area contributed by atoms with E-state index in [4.69, 9.17) is 5.26 Å². The molecule has 1 fully saturated rings. The van der Waals surface area contributed by atoms with E-state index in [2.05, 4.69) is 31.6 Å². The number of benzene rings is 1. The maximum atomic E-state index is 12.4. The van der Waals surface area contributed by atoms with Crippen molar-refractivity contribution in [2.45, 2.75) is 32.2 Å². The summed E-state index contributed by atoms with van der Waals surface area (Å²) in [5.74, 6) is 0.833. The molecule has 2 amide bonds. The molecule has 2 aromatic rings. The quantitative estimate of drug-likeness (QED) is 0.884. The molecule has 2 N–H and O–H groups in total. The van der Waals surface area contributed by atoms with Crippen molar-refractivity contribution in [1.29, 1.82) is 5.26 Å². The van der Waals surface area contributed by atoms with Crippen molar-refractivity contribution < 1.29 is 4.79 Å². The summed E-state index contributed by atoms with van der Waals surface area (Å²) in [6.07, 6.45) is 7.73. The van der Waals surface area contributed by atoms with Gasteiger partial charge >= 0.3 is 6.03 Å². The van der Waals surface area contributed by atoms with Gasteiger partial charge in [-0.2, -0.15) is 5.26 Å². The molecule has 0 spiro atoms. The van der Waals surface area contributed by atoms with Crippen LogP contribution in [-0.2, 0) is 6.42 Å². The summed E-state index contributed by atoms with van der Waals surface area (Å²) in [7, 11) is 0. The highest BCUT2D eigenvalue weighted by Crippen LogP contribution is 2.19. The molecule has 2 heterocycles. The molecule has 0 radical (unpaired) electrons. The molecule has 26 heavy (non-hydrogen) atoms. The molecular weight excluding hydrogens is 328 g/mol.